The van der Waals surface area contributed by atoms with E-state index in [0.717, 1.165) is 28.7 Å². The van der Waals surface area contributed by atoms with Crippen molar-refractivity contribution in [3.63, 3.8) is 0 Å². The van der Waals surface area contributed by atoms with Crippen molar-refractivity contribution >= 4 is 17.8 Å². The Morgan fingerprint density at radius 1 is 1.00 bits per heavy atom. The van der Waals surface area contributed by atoms with E-state index in [1.807, 2.05) is 55.5 Å². The van der Waals surface area contributed by atoms with E-state index >= 15 is 0 Å². The number of carboxylic acids is 1. The van der Waals surface area contributed by atoms with E-state index < -0.39 is 54.6 Å². The normalized spacial score (nSPS) is 22.4. The van der Waals surface area contributed by atoms with Crippen molar-refractivity contribution in [3.8, 4) is 22.5 Å². The van der Waals surface area contributed by atoms with Crippen molar-refractivity contribution < 1.29 is 44.3 Å². The summed E-state index contributed by atoms with van der Waals surface area (Å²) in [5, 5.41) is 54.1. The maximum atomic E-state index is 13.5. The molecule has 5 N–H and O–H groups in total. The van der Waals surface area contributed by atoms with Crippen LogP contribution in [0, 0.1) is 5.92 Å². The van der Waals surface area contributed by atoms with Gasteiger partial charge < -0.3 is 34.8 Å². The number of rotatable bonds is 12. The molecule has 0 radical (unpaired) electrons. The van der Waals surface area contributed by atoms with Gasteiger partial charge in [-0.3, -0.25) is 4.79 Å². The zero-order valence-corrected chi connectivity index (χ0v) is 24.6. The van der Waals surface area contributed by atoms with Crippen LogP contribution in [0.15, 0.2) is 48.5 Å². The number of aromatic amines is 1. The number of aliphatic hydroxyl groups excluding tert-OH is 3. The van der Waals surface area contributed by atoms with Crippen molar-refractivity contribution in [3.05, 3.63) is 54.1 Å². The topological polar surface area (TPSA) is 208 Å². The number of carbonyl (C=O) groups is 3. The van der Waals surface area contributed by atoms with Crippen LogP contribution in [0.3, 0.4) is 0 Å². The lowest BCUT2D eigenvalue weighted by Gasteiger charge is -2.39. The quantitative estimate of drug-likeness (QED) is 0.185. The molecule has 236 valence electrons. The van der Waals surface area contributed by atoms with E-state index in [4.69, 9.17) is 9.47 Å². The number of aliphatic hydroxyl groups is 3. The minimum atomic E-state index is -1.94. The minimum Gasteiger partial charge on any atom is -0.479 e. The summed E-state index contributed by atoms with van der Waals surface area (Å²) >= 11 is 0. The number of hydrogen-bond donors (Lipinski definition) is 5. The van der Waals surface area contributed by atoms with Crippen LogP contribution in [-0.4, -0.2) is 101 Å². The Morgan fingerprint density at radius 2 is 1.68 bits per heavy atom. The summed E-state index contributed by atoms with van der Waals surface area (Å²) in [7, 11) is 0. The summed E-state index contributed by atoms with van der Waals surface area (Å²) in [5.41, 5.74) is 3.25. The fourth-order valence-electron chi connectivity index (χ4n) is 5.10. The molecule has 3 aromatic rings. The van der Waals surface area contributed by atoms with E-state index in [1.165, 1.54) is 4.90 Å². The molecule has 1 saturated heterocycles. The van der Waals surface area contributed by atoms with Crippen LogP contribution < -0.4 is 0 Å². The molecule has 0 bridgehead atoms. The molecule has 4 rings (SSSR count). The monoisotopic (exact) mass is 611 g/mol. The third kappa shape index (κ3) is 7.27. The number of benzene rings is 2. The van der Waals surface area contributed by atoms with Gasteiger partial charge in [0.05, 0.1) is 0 Å². The van der Waals surface area contributed by atoms with Crippen LogP contribution in [0.1, 0.15) is 45.6 Å². The Balaban J connectivity index is 1.59. The van der Waals surface area contributed by atoms with E-state index in [1.54, 1.807) is 13.8 Å². The van der Waals surface area contributed by atoms with E-state index in [9.17, 15) is 34.8 Å². The number of esters is 1. The van der Waals surface area contributed by atoms with Crippen LogP contribution in [0.5, 0.6) is 0 Å². The first-order valence-corrected chi connectivity index (χ1v) is 14.4. The lowest BCUT2D eigenvalue weighted by molar-refractivity contribution is -0.287. The first kappa shape index (κ1) is 32.7. The molecule has 1 fully saturated rings. The molecule has 0 saturated carbocycles. The summed E-state index contributed by atoms with van der Waals surface area (Å²) in [6, 6.07) is 13.9. The third-order valence-electron chi connectivity index (χ3n) is 7.45. The molecule has 0 unspecified atom stereocenters. The number of amides is 1. The number of ether oxygens (including phenoxy) is 2. The van der Waals surface area contributed by atoms with Crippen molar-refractivity contribution in [1.82, 2.24) is 25.5 Å². The third-order valence-corrected chi connectivity index (χ3v) is 7.45. The van der Waals surface area contributed by atoms with Crippen molar-refractivity contribution in [1.29, 1.82) is 0 Å². The Bertz CT molecular complexity index is 1420. The summed E-state index contributed by atoms with van der Waals surface area (Å²) in [6.45, 7) is 5.44. The van der Waals surface area contributed by atoms with Gasteiger partial charge in [-0.1, -0.05) is 75.7 Å². The second kappa shape index (κ2) is 14.5. The second-order valence-electron chi connectivity index (χ2n) is 11.0. The van der Waals surface area contributed by atoms with Crippen LogP contribution in [0.2, 0.25) is 0 Å². The molecule has 1 aromatic heterocycles. The number of carboxylic acid groups (broad SMARTS) is 1. The fourth-order valence-corrected chi connectivity index (χ4v) is 5.10. The molecule has 0 spiro atoms. The number of tetrazole rings is 1. The van der Waals surface area contributed by atoms with Gasteiger partial charge in [-0.2, -0.15) is 5.21 Å². The van der Waals surface area contributed by atoms with Gasteiger partial charge in [-0.15, -0.1) is 10.2 Å². The smallest absolute Gasteiger partial charge is 0.335 e. The molecule has 14 nitrogen and oxygen atoms in total. The largest absolute Gasteiger partial charge is 0.479 e. The van der Waals surface area contributed by atoms with Crippen molar-refractivity contribution in [2.45, 2.75) is 83.3 Å². The highest BCUT2D eigenvalue weighted by Crippen LogP contribution is 2.31. The first-order valence-electron chi connectivity index (χ1n) is 14.4. The predicted molar refractivity (Wildman–Crippen MR) is 154 cm³/mol. The Labute approximate surface area is 253 Å². The average molecular weight is 612 g/mol. The Hall–Kier alpha value is -4.24. The maximum Gasteiger partial charge on any atom is 0.335 e. The molecule has 2 heterocycles. The fraction of sp³-hybridized carbons (Fsp3) is 0.467. The number of unbranched alkanes of at least 4 members (excludes halogenated alkanes) is 1. The maximum absolute atomic E-state index is 13.5. The van der Waals surface area contributed by atoms with Gasteiger partial charge in [0.25, 0.3) is 0 Å². The number of hydrogen-bond acceptors (Lipinski definition) is 11. The summed E-state index contributed by atoms with van der Waals surface area (Å²) in [5.74, 6) is -2.87. The van der Waals surface area contributed by atoms with Gasteiger partial charge in [-0.05, 0) is 34.2 Å². The van der Waals surface area contributed by atoms with Crippen molar-refractivity contribution in [2.75, 3.05) is 0 Å². The second-order valence-corrected chi connectivity index (χ2v) is 11.0. The van der Waals surface area contributed by atoms with Gasteiger partial charge in [0.2, 0.25) is 18.0 Å². The predicted octanol–water partition coefficient (Wildman–Crippen LogP) is 1.51. The SMILES string of the molecule is CCCCC(=O)N(Cc1ccc(-c2ccccc2-c2nn[nH]n2)cc1)[C@H](C(=O)O[C@@H]1O[C@H](C(=O)O)[C@@H](O)[C@H](O)[C@H]1O)C(C)C. The average Bonchev–Trinajstić information content (AvgIpc) is 3.55. The molecule has 44 heavy (non-hydrogen) atoms. The van der Waals surface area contributed by atoms with Gasteiger partial charge in [0, 0.05) is 18.5 Å². The molecule has 14 heteroatoms. The highest BCUT2D eigenvalue weighted by Gasteiger charge is 2.49. The van der Waals surface area contributed by atoms with Gasteiger partial charge in [0.15, 0.2) is 6.10 Å². The molecule has 2 aromatic carbocycles. The molecular formula is C30H37N5O9. The highest BCUT2D eigenvalue weighted by molar-refractivity contribution is 5.85. The van der Waals surface area contributed by atoms with Crippen LogP contribution in [0.4, 0.5) is 0 Å². The van der Waals surface area contributed by atoms with E-state index in [-0.39, 0.29) is 18.9 Å². The number of nitrogens with one attached hydrogen (secondary N) is 1. The van der Waals surface area contributed by atoms with Gasteiger partial charge >= 0.3 is 11.9 Å². The lowest BCUT2D eigenvalue weighted by atomic mass is 9.97. The standard InChI is InChI=1S/C30H37N5O9/c1-4-5-10-21(36)35(22(16(2)3)29(42)44-30-25(39)23(37)24(38)26(43-30)28(40)41)15-17-11-13-18(14-12-17)19-8-6-7-9-20(19)27-31-33-34-32-27/h6-9,11-14,16,22-26,30,37-39H,4-5,10,15H2,1-3H3,(H,40,41)(H,31,32,33,34)/t22-,23-,24-,25+,26-,30-/m0/s1. The van der Waals surface area contributed by atoms with Gasteiger partial charge in [0.1, 0.15) is 24.4 Å². The molecule has 1 amide bonds. The molecule has 1 aliphatic heterocycles. The summed E-state index contributed by atoms with van der Waals surface area (Å²) in [6.07, 6.45) is -8.08. The number of aromatic nitrogens is 4. The number of aliphatic carboxylic acids is 1. The van der Waals surface area contributed by atoms with Gasteiger partial charge in [-0.25, -0.2) is 9.59 Å². The molecule has 1 aliphatic rings. The molecule has 0 aliphatic carbocycles. The highest BCUT2D eigenvalue weighted by atomic mass is 16.7. The number of H-pyrrole nitrogens is 1. The van der Waals surface area contributed by atoms with Crippen LogP contribution in [-0.2, 0) is 30.4 Å². The lowest BCUT2D eigenvalue weighted by Crippen LogP contribution is -2.61. The zero-order chi connectivity index (χ0) is 32.0. The number of carbonyl (C=O) groups excluding carboxylic acids is 2. The van der Waals surface area contributed by atoms with Crippen LogP contribution >= 0.6 is 0 Å². The summed E-state index contributed by atoms with van der Waals surface area (Å²) in [4.78, 5) is 39.9. The van der Waals surface area contributed by atoms with Crippen molar-refractivity contribution in [2.24, 2.45) is 5.92 Å². The molecular weight excluding hydrogens is 574 g/mol. The van der Waals surface area contributed by atoms with E-state index in [0.29, 0.717) is 12.2 Å². The Morgan fingerprint density at radius 3 is 2.27 bits per heavy atom. The first-order chi connectivity index (χ1) is 21.0. The number of nitrogens with zero attached hydrogens (tertiary/aromatic N) is 4. The minimum absolute atomic E-state index is 0.0560. The van der Waals surface area contributed by atoms with Crippen LogP contribution in [0.25, 0.3) is 22.5 Å². The van der Waals surface area contributed by atoms with E-state index in [2.05, 4.69) is 20.6 Å². The zero-order valence-electron chi connectivity index (χ0n) is 24.6. The summed E-state index contributed by atoms with van der Waals surface area (Å²) < 4.78 is 10.5. The molecule has 6 atom stereocenters. The Kier molecular flexibility index (Phi) is 10.8.